The zero-order valence-corrected chi connectivity index (χ0v) is 15.4. The second-order valence-corrected chi connectivity index (χ2v) is 8.61. The Kier molecular flexibility index (Phi) is 4.53. The molecule has 0 atom stereocenters. The van der Waals surface area contributed by atoms with Gasteiger partial charge in [-0.05, 0) is 54.2 Å². The van der Waals surface area contributed by atoms with E-state index in [1.54, 1.807) is 6.20 Å². The minimum atomic E-state index is -3.71. The summed E-state index contributed by atoms with van der Waals surface area (Å²) >= 11 is 0. The molecule has 0 unspecified atom stereocenters. The lowest BCUT2D eigenvalue weighted by atomic mass is 10.1. The summed E-state index contributed by atoms with van der Waals surface area (Å²) in [7, 11) is -3.71. The van der Waals surface area contributed by atoms with E-state index < -0.39 is 10.0 Å². The Morgan fingerprint density at radius 1 is 1.04 bits per heavy atom. The predicted molar refractivity (Wildman–Crippen MR) is 98.4 cm³/mol. The minimum absolute atomic E-state index is 0.0802. The number of carbonyl (C=O) groups excluding carboxylic acids is 2. The highest BCUT2D eigenvalue weighted by Gasteiger charge is 2.30. The van der Waals surface area contributed by atoms with Gasteiger partial charge in [-0.3, -0.25) is 19.5 Å². The molecule has 4 rings (SSSR count). The molecule has 2 aromatic rings. The Hall–Kier alpha value is -2.58. The van der Waals surface area contributed by atoms with Gasteiger partial charge in [0.2, 0.25) is 21.8 Å². The fourth-order valence-corrected chi connectivity index (χ4v) is 4.16. The van der Waals surface area contributed by atoms with Gasteiger partial charge in [0, 0.05) is 31.8 Å². The van der Waals surface area contributed by atoms with Crippen LogP contribution in [-0.2, 0) is 26.2 Å². The van der Waals surface area contributed by atoms with Crippen LogP contribution in [0.25, 0.3) is 0 Å². The first kappa shape index (κ1) is 17.8. The Balaban J connectivity index is 1.46. The molecule has 1 aliphatic heterocycles. The van der Waals surface area contributed by atoms with Crippen LogP contribution in [-0.4, -0.2) is 25.2 Å². The largest absolute Gasteiger partial charge is 0.274 e. The number of sulfonamides is 1. The van der Waals surface area contributed by atoms with E-state index >= 15 is 0 Å². The fraction of sp³-hybridized carbons (Fsp3) is 0.316. The van der Waals surface area contributed by atoms with E-state index in [1.165, 1.54) is 24.3 Å². The molecule has 1 N–H and O–H groups in total. The molecule has 1 saturated carbocycles. The van der Waals surface area contributed by atoms with Gasteiger partial charge >= 0.3 is 0 Å². The van der Waals surface area contributed by atoms with Crippen LogP contribution in [0.4, 0.5) is 5.69 Å². The number of nitrogens with one attached hydrogen (secondary N) is 1. The number of pyridine rings is 1. The number of imide groups is 1. The predicted octanol–water partition coefficient (Wildman–Crippen LogP) is 2.09. The summed E-state index contributed by atoms with van der Waals surface area (Å²) < 4.78 is 27.6. The second kappa shape index (κ2) is 6.86. The van der Waals surface area contributed by atoms with Crippen molar-refractivity contribution in [2.24, 2.45) is 0 Å². The molecular weight excluding hydrogens is 366 g/mol. The minimum Gasteiger partial charge on any atom is -0.274 e. The molecular formula is C19H19N3O4S. The van der Waals surface area contributed by atoms with Crippen LogP contribution in [0.2, 0.25) is 0 Å². The SMILES string of the molecule is O=C1CCC(=O)N1c1ccc(S(=O)(=O)NCc2cncc(C3CC3)c2)cc1. The first-order valence-electron chi connectivity index (χ1n) is 8.83. The van der Waals surface area contributed by atoms with E-state index in [4.69, 9.17) is 0 Å². The van der Waals surface area contributed by atoms with Crippen molar-refractivity contribution in [3.63, 3.8) is 0 Å². The Morgan fingerprint density at radius 3 is 2.33 bits per heavy atom. The van der Waals surface area contributed by atoms with Gasteiger partial charge in [-0.25, -0.2) is 13.1 Å². The highest BCUT2D eigenvalue weighted by molar-refractivity contribution is 7.89. The topological polar surface area (TPSA) is 96.4 Å². The number of nitrogens with zero attached hydrogens (tertiary/aromatic N) is 2. The summed E-state index contributed by atoms with van der Waals surface area (Å²) in [4.78, 5) is 28.9. The first-order valence-corrected chi connectivity index (χ1v) is 10.3. The van der Waals surface area contributed by atoms with Crippen LogP contribution >= 0.6 is 0 Å². The van der Waals surface area contributed by atoms with Crippen molar-refractivity contribution < 1.29 is 18.0 Å². The van der Waals surface area contributed by atoms with Gasteiger partial charge in [0.05, 0.1) is 10.6 Å². The lowest BCUT2D eigenvalue weighted by molar-refractivity contribution is -0.121. The van der Waals surface area contributed by atoms with Crippen molar-refractivity contribution in [3.05, 3.63) is 53.9 Å². The third-order valence-electron chi connectivity index (χ3n) is 4.79. The smallest absolute Gasteiger partial charge is 0.240 e. The average molecular weight is 385 g/mol. The van der Waals surface area contributed by atoms with E-state index in [1.807, 2.05) is 12.3 Å². The zero-order chi connectivity index (χ0) is 19.0. The fourth-order valence-electron chi connectivity index (χ4n) is 3.14. The van der Waals surface area contributed by atoms with E-state index in [2.05, 4.69) is 9.71 Å². The summed E-state index contributed by atoms with van der Waals surface area (Å²) in [6.07, 6.45) is 6.18. The van der Waals surface area contributed by atoms with Gasteiger partial charge in [-0.2, -0.15) is 0 Å². The van der Waals surface area contributed by atoms with Gasteiger partial charge in [-0.1, -0.05) is 6.07 Å². The second-order valence-electron chi connectivity index (χ2n) is 6.84. The molecule has 7 nitrogen and oxygen atoms in total. The maximum absolute atomic E-state index is 12.5. The van der Waals surface area contributed by atoms with Crippen LogP contribution in [0.15, 0.2) is 47.6 Å². The molecule has 1 aliphatic carbocycles. The molecule has 140 valence electrons. The lowest BCUT2D eigenvalue weighted by Gasteiger charge is -2.14. The van der Waals surface area contributed by atoms with Crippen molar-refractivity contribution >= 4 is 27.5 Å². The van der Waals surface area contributed by atoms with E-state index in [9.17, 15) is 18.0 Å². The molecule has 2 fully saturated rings. The summed E-state index contributed by atoms with van der Waals surface area (Å²) in [5.74, 6) is 0.0196. The maximum atomic E-state index is 12.5. The van der Waals surface area contributed by atoms with E-state index in [0.717, 1.165) is 28.9 Å². The standard InChI is InChI=1S/C19H19N3O4S/c23-18-7-8-19(24)22(18)16-3-5-17(6-4-16)27(25,26)21-11-13-9-15(12-20-10-13)14-1-2-14/h3-6,9-10,12,14,21H,1-2,7-8,11H2. The van der Waals surface area contributed by atoms with Gasteiger partial charge in [-0.15, -0.1) is 0 Å². The van der Waals surface area contributed by atoms with Crippen molar-refractivity contribution in [3.8, 4) is 0 Å². The molecule has 8 heteroatoms. The van der Waals surface area contributed by atoms with Crippen LogP contribution < -0.4 is 9.62 Å². The number of hydrogen-bond donors (Lipinski definition) is 1. The molecule has 0 bridgehead atoms. The number of anilines is 1. The van der Waals surface area contributed by atoms with E-state index in [0.29, 0.717) is 11.6 Å². The number of amides is 2. The summed E-state index contributed by atoms with van der Waals surface area (Å²) in [6, 6.07) is 7.74. The maximum Gasteiger partial charge on any atom is 0.240 e. The number of carbonyl (C=O) groups is 2. The van der Waals surface area contributed by atoms with Gasteiger partial charge in [0.15, 0.2) is 0 Å². The summed E-state index contributed by atoms with van der Waals surface area (Å²) in [5.41, 5.74) is 2.35. The van der Waals surface area contributed by atoms with Crippen LogP contribution in [0.1, 0.15) is 42.7 Å². The highest BCUT2D eigenvalue weighted by Crippen LogP contribution is 2.39. The van der Waals surface area contributed by atoms with E-state index in [-0.39, 0.29) is 36.1 Å². The molecule has 1 saturated heterocycles. The highest BCUT2D eigenvalue weighted by atomic mass is 32.2. The molecule has 0 spiro atoms. The normalized spacial score (nSPS) is 17.6. The van der Waals surface area contributed by atoms with Crippen LogP contribution in [0.3, 0.4) is 0 Å². The molecule has 27 heavy (non-hydrogen) atoms. The average Bonchev–Trinajstić information content (AvgIpc) is 3.46. The van der Waals surface area contributed by atoms with Gasteiger partial charge in [0.25, 0.3) is 0 Å². The quantitative estimate of drug-likeness (QED) is 0.768. The summed E-state index contributed by atoms with van der Waals surface area (Å²) in [6.45, 7) is 0.154. The Labute approximate surface area is 157 Å². The molecule has 1 aromatic heterocycles. The lowest BCUT2D eigenvalue weighted by Crippen LogP contribution is -2.28. The van der Waals surface area contributed by atoms with Crippen LogP contribution in [0.5, 0.6) is 0 Å². The van der Waals surface area contributed by atoms with Crippen molar-refractivity contribution in [2.75, 3.05) is 4.90 Å². The van der Waals surface area contributed by atoms with Gasteiger partial charge in [0.1, 0.15) is 0 Å². The number of benzene rings is 1. The van der Waals surface area contributed by atoms with Gasteiger partial charge < -0.3 is 0 Å². The third kappa shape index (κ3) is 3.77. The van der Waals surface area contributed by atoms with Crippen molar-refractivity contribution in [2.45, 2.75) is 43.0 Å². The van der Waals surface area contributed by atoms with Crippen molar-refractivity contribution in [1.29, 1.82) is 0 Å². The summed E-state index contributed by atoms with van der Waals surface area (Å²) in [5, 5.41) is 0. The number of rotatable bonds is 6. The first-order chi connectivity index (χ1) is 12.9. The zero-order valence-electron chi connectivity index (χ0n) is 14.6. The molecule has 2 amide bonds. The Morgan fingerprint density at radius 2 is 1.70 bits per heavy atom. The third-order valence-corrected chi connectivity index (χ3v) is 6.20. The van der Waals surface area contributed by atoms with Crippen LogP contribution in [0, 0.1) is 0 Å². The number of aromatic nitrogens is 1. The number of hydrogen-bond acceptors (Lipinski definition) is 5. The monoisotopic (exact) mass is 385 g/mol. The molecule has 2 aliphatic rings. The molecule has 0 radical (unpaired) electrons. The molecule has 1 aromatic carbocycles. The molecule has 2 heterocycles. The Bertz CT molecular complexity index is 982. The van der Waals surface area contributed by atoms with Crippen molar-refractivity contribution in [1.82, 2.24) is 9.71 Å².